The molecule has 0 aliphatic carbocycles. The normalized spacial score (nSPS) is 11.2. The molecule has 0 unspecified atom stereocenters. The molecule has 3 aromatic rings. The summed E-state index contributed by atoms with van der Waals surface area (Å²) in [4.78, 5) is 0. The molecule has 0 spiro atoms. The van der Waals surface area contributed by atoms with Crippen molar-refractivity contribution < 1.29 is 9.13 Å². The minimum absolute atomic E-state index is 0.293. The van der Waals surface area contributed by atoms with Crippen molar-refractivity contribution in [3.63, 3.8) is 0 Å². The number of H-pyrrole nitrogens is 1. The number of nitrogens with one attached hydrogen (secondary N) is 1. The molecular weight excluding hydrogens is 375 g/mol. The van der Waals surface area contributed by atoms with Crippen molar-refractivity contribution in [3.05, 3.63) is 64.7 Å². The van der Waals surface area contributed by atoms with Crippen LogP contribution in [0, 0.1) is 10.6 Å². The van der Waals surface area contributed by atoms with Crippen LogP contribution in [-0.4, -0.2) is 27.7 Å². The molecule has 0 fully saturated rings. The Balaban J connectivity index is 1.69. The number of unbranched alkanes of at least 4 members (excludes halogenated alkanes) is 3. The Morgan fingerprint density at radius 1 is 1.14 bits per heavy atom. The van der Waals surface area contributed by atoms with Gasteiger partial charge in [0.1, 0.15) is 11.6 Å². The maximum Gasteiger partial charge on any atom is 0.216 e. The van der Waals surface area contributed by atoms with E-state index in [0.29, 0.717) is 16.2 Å². The van der Waals surface area contributed by atoms with E-state index in [1.54, 1.807) is 24.4 Å². The first-order chi connectivity index (χ1) is 13.7. The van der Waals surface area contributed by atoms with Gasteiger partial charge in [-0.25, -0.2) is 9.49 Å². The molecule has 0 saturated carbocycles. The Hall–Kier alpha value is -2.80. The number of halogens is 1. The average Bonchev–Trinajstić information content (AvgIpc) is 3.08. The Bertz CT molecular complexity index is 979. The zero-order valence-electron chi connectivity index (χ0n) is 15.8. The molecule has 0 bridgehead atoms. The molecule has 0 aliphatic heterocycles. The van der Waals surface area contributed by atoms with E-state index in [1.165, 1.54) is 30.0 Å². The highest BCUT2D eigenvalue weighted by Crippen LogP contribution is 2.20. The second-order valence-corrected chi connectivity index (χ2v) is 6.75. The fraction of sp³-hybridized carbons (Fsp3) is 0.286. The Labute approximate surface area is 168 Å². The van der Waals surface area contributed by atoms with E-state index in [9.17, 15) is 4.39 Å². The van der Waals surface area contributed by atoms with Crippen LogP contribution < -0.4 is 4.74 Å². The van der Waals surface area contributed by atoms with E-state index in [-0.39, 0.29) is 5.82 Å². The summed E-state index contributed by atoms with van der Waals surface area (Å²) in [5.74, 6) is 0.778. The van der Waals surface area contributed by atoms with Crippen molar-refractivity contribution in [3.8, 4) is 17.1 Å². The van der Waals surface area contributed by atoms with E-state index in [0.717, 1.165) is 24.3 Å². The monoisotopic (exact) mass is 398 g/mol. The van der Waals surface area contributed by atoms with E-state index in [1.807, 2.05) is 24.3 Å². The number of nitrogens with zero attached hydrogens (tertiary/aromatic N) is 3. The molecule has 5 nitrogen and oxygen atoms in total. The van der Waals surface area contributed by atoms with Crippen molar-refractivity contribution in [1.82, 2.24) is 14.9 Å². The number of hydrogen-bond acceptors (Lipinski definition) is 4. The molecule has 0 atom stereocenters. The lowest BCUT2D eigenvalue weighted by Crippen LogP contribution is -1.98. The predicted molar refractivity (Wildman–Crippen MR) is 112 cm³/mol. The summed E-state index contributed by atoms with van der Waals surface area (Å²) in [5.41, 5.74) is 1.21. The highest BCUT2D eigenvalue weighted by Gasteiger charge is 2.12. The predicted octanol–water partition coefficient (Wildman–Crippen LogP) is 5.59. The lowest BCUT2D eigenvalue weighted by Gasteiger charge is -2.06. The second-order valence-electron chi connectivity index (χ2n) is 6.37. The first-order valence-electron chi connectivity index (χ1n) is 9.38. The van der Waals surface area contributed by atoms with Crippen LogP contribution in [0.1, 0.15) is 38.2 Å². The summed E-state index contributed by atoms with van der Waals surface area (Å²) < 4.78 is 21.5. The van der Waals surface area contributed by atoms with Crippen LogP contribution >= 0.6 is 12.2 Å². The lowest BCUT2D eigenvalue weighted by atomic mass is 10.2. The van der Waals surface area contributed by atoms with Gasteiger partial charge in [-0.15, -0.1) is 0 Å². The molecule has 146 valence electrons. The zero-order chi connectivity index (χ0) is 19.8. The standard InChI is InChI=1S/C21H23FN4OS/c1-2-3-4-7-14-27-17-12-10-16(11-13-17)15-23-26-20(24-25-21(26)28)18-8-5-6-9-19(18)22/h5-6,8-13,15H,2-4,7,14H2,1H3,(H,25,28)/b23-15-. The van der Waals surface area contributed by atoms with Crippen molar-refractivity contribution >= 4 is 18.4 Å². The molecule has 0 saturated heterocycles. The summed E-state index contributed by atoms with van der Waals surface area (Å²) >= 11 is 5.22. The second kappa shape index (κ2) is 9.94. The number of aromatic amines is 1. The van der Waals surface area contributed by atoms with Gasteiger partial charge in [-0.3, -0.25) is 0 Å². The average molecular weight is 399 g/mol. The number of benzene rings is 2. The Kier molecular flexibility index (Phi) is 7.08. The number of rotatable bonds is 9. The molecule has 1 heterocycles. The summed E-state index contributed by atoms with van der Waals surface area (Å²) in [7, 11) is 0. The fourth-order valence-electron chi connectivity index (χ4n) is 2.71. The highest BCUT2D eigenvalue weighted by molar-refractivity contribution is 7.71. The third kappa shape index (κ3) is 5.13. The fourth-order valence-corrected chi connectivity index (χ4v) is 2.89. The number of ether oxygens (including phenoxy) is 1. The summed E-state index contributed by atoms with van der Waals surface area (Å²) in [6.07, 6.45) is 6.36. The third-order valence-corrected chi connectivity index (χ3v) is 4.50. The first-order valence-corrected chi connectivity index (χ1v) is 9.79. The molecule has 28 heavy (non-hydrogen) atoms. The van der Waals surface area contributed by atoms with Gasteiger partial charge in [0.25, 0.3) is 0 Å². The van der Waals surface area contributed by atoms with E-state index < -0.39 is 0 Å². The quantitative estimate of drug-likeness (QED) is 0.290. The van der Waals surface area contributed by atoms with Gasteiger partial charge in [0.15, 0.2) is 5.82 Å². The van der Waals surface area contributed by atoms with Gasteiger partial charge in [0.05, 0.1) is 18.4 Å². The summed E-state index contributed by atoms with van der Waals surface area (Å²) in [5, 5.41) is 11.1. The van der Waals surface area contributed by atoms with Gasteiger partial charge in [-0.05, 0) is 60.6 Å². The van der Waals surface area contributed by atoms with Crippen LogP contribution in [0.2, 0.25) is 0 Å². The molecule has 2 aromatic carbocycles. The van der Waals surface area contributed by atoms with Gasteiger partial charge >= 0.3 is 0 Å². The van der Waals surface area contributed by atoms with E-state index in [4.69, 9.17) is 17.0 Å². The first kappa shape index (κ1) is 19.9. The smallest absolute Gasteiger partial charge is 0.216 e. The summed E-state index contributed by atoms with van der Waals surface area (Å²) in [6.45, 7) is 2.92. The van der Waals surface area contributed by atoms with E-state index >= 15 is 0 Å². The maximum absolute atomic E-state index is 14.1. The van der Waals surface area contributed by atoms with Crippen molar-refractivity contribution in [2.45, 2.75) is 32.6 Å². The van der Waals surface area contributed by atoms with Crippen LogP contribution in [-0.2, 0) is 0 Å². The molecule has 7 heteroatoms. The third-order valence-electron chi connectivity index (χ3n) is 4.23. The SMILES string of the molecule is CCCCCCOc1ccc(/C=N\n2c(-c3ccccc3F)n[nH]c2=S)cc1. The minimum Gasteiger partial charge on any atom is -0.494 e. The lowest BCUT2D eigenvalue weighted by molar-refractivity contribution is 0.305. The van der Waals surface area contributed by atoms with Crippen molar-refractivity contribution in [1.29, 1.82) is 0 Å². The molecular formula is C21H23FN4OS. The number of aromatic nitrogens is 3. The van der Waals surface area contributed by atoms with Crippen LogP contribution in [0.25, 0.3) is 11.4 Å². The minimum atomic E-state index is -0.381. The molecule has 3 rings (SSSR count). The zero-order valence-corrected chi connectivity index (χ0v) is 16.6. The Morgan fingerprint density at radius 2 is 1.93 bits per heavy atom. The van der Waals surface area contributed by atoms with Crippen LogP contribution in [0.15, 0.2) is 53.6 Å². The highest BCUT2D eigenvalue weighted by atomic mass is 32.1. The van der Waals surface area contributed by atoms with Crippen LogP contribution in [0.4, 0.5) is 4.39 Å². The van der Waals surface area contributed by atoms with Crippen molar-refractivity contribution in [2.75, 3.05) is 6.61 Å². The Morgan fingerprint density at radius 3 is 2.68 bits per heavy atom. The van der Waals surface area contributed by atoms with Gasteiger partial charge < -0.3 is 4.74 Å². The molecule has 1 aromatic heterocycles. The van der Waals surface area contributed by atoms with Gasteiger partial charge in [0.2, 0.25) is 4.77 Å². The molecule has 1 N–H and O–H groups in total. The van der Waals surface area contributed by atoms with Gasteiger partial charge in [-0.1, -0.05) is 38.3 Å². The molecule has 0 aliphatic rings. The van der Waals surface area contributed by atoms with Crippen molar-refractivity contribution in [2.24, 2.45) is 5.10 Å². The van der Waals surface area contributed by atoms with Crippen LogP contribution in [0.3, 0.4) is 0 Å². The maximum atomic E-state index is 14.1. The summed E-state index contributed by atoms with van der Waals surface area (Å²) in [6, 6.07) is 14.0. The van der Waals surface area contributed by atoms with E-state index in [2.05, 4.69) is 22.2 Å². The molecule has 0 radical (unpaired) electrons. The largest absolute Gasteiger partial charge is 0.494 e. The van der Waals surface area contributed by atoms with Gasteiger partial charge in [0, 0.05) is 0 Å². The number of hydrogen-bond donors (Lipinski definition) is 1. The van der Waals surface area contributed by atoms with Crippen LogP contribution in [0.5, 0.6) is 5.75 Å². The topological polar surface area (TPSA) is 55.2 Å². The van der Waals surface area contributed by atoms with Gasteiger partial charge in [-0.2, -0.15) is 14.9 Å². The molecule has 0 amide bonds.